The van der Waals surface area contributed by atoms with Gasteiger partial charge in [0.25, 0.3) is 5.91 Å². The summed E-state index contributed by atoms with van der Waals surface area (Å²) in [4.78, 5) is 35.8. The third-order valence-electron chi connectivity index (χ3n) is 4.44. The van der Waals surface area contributed by atoms with Crippen molar-refractivity contribution in [2.45, 2.75) is 26.3 Å². The average molecular weight is 408 g/mol. The lowest BCUT2D eigenvalue weighted by atomic mass is 10.1. The number of allylic oxidation sites excluding steroid dienone is 1. The van der Waals surface area contributed by atoms with Crippen molar-refractivity contribution in [2.75, 3.05) is 11.9 Å². The molecule has 0 unspecified atom stereocenters. The second kappa shape index (κ2) is 10.2. The van der Waals surface area contributed by atoms with Crippen molar-refractivity contribution in [3.63, 3.8) is 0 Å². The molecule has 0 aromatic heterocycles. The minimum absolute atomic E-state index is 0.153. The Kier molecular flexibility index (Phi) is 7.21. The van der Waals surface area contributed by atoms with E-state index < -0.39 is 6.16 Å². The standard InChI is InChI=1S/C23H24N2O5/c1-2-29-23(28)30-19-12-10-17(11-13-19)22(27)25-20-6-4-3-5-18(20)15-24-21(26)14-9-16-7-8-16/h3-6,9-14,16H,2,7-8,15H2,1H3,(H,24,26)(H,25,27)/b14-9+. The zero-order valence-corrected chi connectivity index (χ0v) is 16.7. The van der Waals surface area contributed by atoms with Crippen LogP contribution in [-0.2, 0) is 16.1 Å². The number of benzene rings is 2. The molecule has 7 heteroatoms. The fraction of sp³-hybridized carbons (Fsp3) is 0.261. The van der Waals surface area contributed by atoms with Crippen molar-refractivity contribution in [3.8, 4) is 5.75 Å². The predicted octanol–water partition coefficient (Wildman–Crippen LogP) is 4.06. The third kappa shape index (κ3) is 6.48. The molecule has 0 heterocycles. The Hall–Kier alpha value is -3.61. The molecule has 30 heavy (non-hydrogen) atoms. The van der Waals surface area contributed by atoms with Gasteiger partial charge in [-0.15, -0.1) is 0 Å². The summed E-state index contributed by atoms with van der Waals surface area (Å²) >= 11 is 0. The second-order valence-corrected chi connectivity index (χ2v) is 6.84. The summed E-state index contributed by atoms with van der Waals surface area (Å²) in [5.74, 6) is 0.356. The van der Waals surface area contributed by atoms with Crippen molar-refractivity contribution in [1.82, 2.24) is 5.32 Å². The number of hydrogen-bond donors (Lipinski definition) is 2. The molecule has 156 valence electrons. The van der Waals surface area contributed by atoms with E-state index in [0.717, 1.165) is 18.4 Å². The number of rotatable bonds is 8. The number of anilines is 1. The Labute approximate surface area is 175 Å². The maximum atomic E-state index is 12.6. The number of para-hydroxylation sites is 1. The van der Waals surface area contributed by atoms with E-state index in [0.29, 0.717) is 23.7 Å². The zero-order chi connectivity index (χ0) is 21.3. The lowest BCUT2D eigenvalue weighted by Gasteiger charge is -2.12. The highest BCUT2D eigenvalue weighted by molar-refractivity contribution is 6.04. The fourth-order valence-electron chi connectivity index (χ4n) is 2.66. The Balaban J connectivity index is 1.58. The normalized spacial score (nSPS) is 13.0. The number of ether oxygens (including phenoxy) is 2. The first kappa shape index (κ1) is 21.1. The van der Waals surface area contributed by atoms with Gasteiger partial charge in [-0.05, 0) is 67.7 Å². The average Bonchev–Trinajstić information content (AvgIpc) is 3.57. The van der Waals surface area contributed by atoms with E-state index in [4.69, 9.17) is 9.47 Å². The van der Waals surface area contributed by atoms with Gasteiger partial charge in [0.2, 0.25) is 5.91 Å². The molecule has 3 rings (SSSR count). The van der Waals surface area contributed by atoms with Gasteiger partial charge in [0.1, 0.15) is 5.75 Å². The third-order valence-corrected chi connectivity index (χ3v) is 4.44. The van der Waals surface area contributed by atoms with Crippen LogP contribution in [-0.4, -0.2) is 24.6 Å². The van der Waals surface area contributed by atoms with Crippen LogP contribution in [0.5, 0.6) is 5.75 Å². The molecule has 0 radical (unpaired) electrons. The van der Waals surface area contributed by atoms with E-state index in [1.807, 2.05) is 24.3 Å². The molecule has 1 aliphatic carbocycles. The molecule has 0 spiro atoms. The molecule has 0 saturated heterocycles. The lowest BCUT2D eigenvalue weighted by molar-refractivity contribution is -0.116. The highest BCUT2D eigenvalue weighted by Gasteiger charge is 2.17. The molecular formula is C23H24N2O5. The van der Waals surface area contributed by atoms with Crippen molar-refractivity contribution in [2.24, 2.45) is 5.92 Å². The molecule has 2 aromatic rings. The Morgan fingerprint density at radius 2 is 1.80 bits per heavy atom. The van der Waals surface area contributed by atoms with Crippen molar-refractivity contribution < 1.29 is 23.9 Å². The summed E-state index contributed by atoms with van der Waals surface area (Å²) in [6.45, 7) is 2.20. The smallest absolute Gasteiger partial charge is 0.434 e. The van der Waals surface area contributed by atoms with Gasteiger partial charge in [0.15, 0.2) is 0 Å². The van der Waals surface area contributed by atoms with Crippen LogP contribution in [0.3, 0.4) is 0 Å². The van der Waals surface area contributed by atoms with E-state index >= 15 is 0 Å². The van der Waals surface area contributed by atoms with Crippen LogP contribution in [0.4, 0.5) is 10.5 Å². The first-order chi connectivity index (χ1) is 14.5. The quantitative estimate of drug-likeness (QED) is 0.390. The minimum Gasteiger partial charge on any atom is -0.434 e. The fourth-order valence-corrected chi connectivity index (χ4v) is 2.66. The number of carbonyl (C=O) groups excluding carboxylic acids is 3. The zero-order valence-electron chi connectivity index (χ0n) is 16.7. The van der Waals surface area contributed by atoms with Crippen LogP contribution < -0.4 is 15.4 Å². The van der Waals surface area contributed by atoms with Crippen LogP contribution in [0.2, 0.25) is 0 Å². The second-order valence-electron chi connectivity index (χ2n) is 6.84. The summed E-state index contributed by atoms with van der Waals surface area (Å²) in [7, 11) is 0. The van der Waals surface area contributed by atoms with Crippen LogP contribution in [0.25, 0.3) is 0 Å². The molecule has 1 fully saturated rings. The van der Waals surface area contributed by atoms with Gasteiger partial charge in [0, 0.05) is 17.8 Å². The van der Waals surface area contributed by atoms with Gasteiger partial charge >= 0.3 is 6.16 Å². The van der Waals surface area contributed by atoms with Gasteiger partial charge < -0.3 is 20.1 Å². The maximum Gasteiger partial charge on any atom is 0.513 e. The number of carbonyl (C=O) groups is 3. The van der Waals surface area contributed by atoms with E-state index in [1.165, 1.54) is 12.1 Å². The number of hydrogen-bond acceptors (Lipinski definition) is 5. The molecule has 2 amide bonds. The summed E-state index contributed by atoms with van der Waals surface area (Å²) < 4.78 is 9.69. The van der Waals surface area contributed by atoms with Crippen LogP contribution >= 0.6 is 0 Å². The summed E-state index contributed by atoms with van der Waals surface area (Å²) in [5.41, 5.74) is 1.81. The van der Waals surface area contributed by atoms with Crippen LogP contribution in [0, 0.1) is 5.92 Å². The van der Waals surface area contributed by atoms with Crippen LogP contribution in [0.1, 0.15) is 35.7 Å². The minimum atomic E-state index is -0.794. The molecule has 0 bridgehead atoms. The number of nitrogens with one attached hydrogen (secondary N) is 2. The lowest BCUT2D eigenvalue weighted by Crippen LogP contribution is -2.22. The van der Waals surface area contributed by atoms with E-state index in [9.17, 15) is 14.4 Å². The molecule has 1 saturated carbocycles. The molecule has 0 atom stereocenters. The summed E-state index contributed by atoms with van der Waals surface area (Å²) in [6.07, 6.45) is 5.00. The van der Waals surface area contributed by atoms with Crippen molar-refractivity contribution >= 4 is 23.7 Å². The van der Waals surface area contributed by atoms with Gasteiger partial charge in [-0.2, -0.15) is 0 Å². The Morgan fingerprint density at radius 3 is 2.50 bits per heavy atom. The molecule has 2 aromatic carbocycles. The highest BCUT2D eigenvalue weighted by Crippen LogP contribution is 2.29. The Morgan fingerprint density at radius 1 is 1.07 bits per heavy atom. The first-order valence-electron chi connectivity index (χ1n) is 9.85. The molecular weight excluding hydrogens is 384 g/mol. The monoisotopic (exact) mass is 408 g/mol. The van der Waals surface area contributed by atoms with E-state index in [1.54, 1.807) is 31.2 Å². The summed E-state index contributed by atoms with van der Waals surface area (Å²) in [5, 5.41) is 5.68. The molecule has 7 nitrogen and oxygen atoms in total. The SMILES string of the molecule is CCOC(=O)Oc1ccc(C(=O)Nc2ccccc2CNC(=O)/C=C/C2CC2)cc1. The molecule has 2 N–H and O–H groups in total. The van der Waals surface area contributed by atoms with Crippen molar-refractivity contribution in [1.29, 1.82) is 0 Å². The largest absolute Gasteiger partial charge is 0.513 e. The highest BCUT2D eigenvalue weighted by atomic mass is 16.7. The van der Waals surface area contributed by atoms with Gasteiger partial charge in [0.05, 0.1) is 6.61 Å². The molecule has 0 aliphatic heterocycles. The summed E-state index contributed by atoms with van der Waals surface area (Å²) in [6, 6.07) is 13.4. The molecule has 1 aliphatic rings. The topological polar surface area (TPSA) is 93.7 Å². The van der Waals surface area contributed by atoms with Crippen molar-refractivity contribution in [3.05, 3.63) is 71.8 Å². The maximum absolute atomic E-state index is 12.6. The van der Waals surface area contributed by atoms with E-state index in [2.05, 4.69) is 10.6 Å². The van der Waals surface area contributed by atoms with Crippen LogP contribution in [0.15, 0.2) is 60.7 Å². The van der Waals surface area contributed by atoms with E-state index in [-0.39, 0.29) is 24.2 Å². The predicted molar refractivity (Wildman–Crippen MR) is 112 cm³/mol. The number of amides is 2. The van der Waals surface area contributed by atoms with Gasteiger partial charge in [-0.25, -0.2) is 4.79 Å². The first-order valence-corrected chi connectivity index (χ1v) is 9.85. The Bertz CT molecular complexity index is 933. The van der Waals surface area contributed by atoms with Gasteiger partial charge in [-0.1, -0.05) is 24.3 Å². The van der Waals surface area contributed by atoms with Gasteiger partial charge in [-0.3, -0.25) is 9.59 Å².